The van der Waals surface area contributed by atoms with Crippen molar-refractivity contribution >= 4 is 35.3 Å². The van der Waals surface area contributed by atoms with Crippen molar-refractivity contribution in [2.24, 2.45) is 5.73 Å². The van der Waals surface area contributed by atoms with Crippen molar-refractivity contribution in [2.75, 3.05) is 5.75 Å². The van der Waals surface area contributed by atoms with E-state index in [1.807, 2.05) is 5.32 Å². The molecule has 0 aliphatic heterocycles. The smallest absolute Gasteiger partial charge is 0.318 e. The van der Waals surface area contributed by atoms with Crippen LogP contribution in [0.5, 0.6) is 0 Å². The van der Waals surface area contributed by atoms with Crippen molar-refractivity contribution < 1.29 is 14.0 Å². The van der Waals surface area contributed by atoms with Gasteiger partial charge in [-0.05, 0) is 24.3 Å². The normalized spacial score (nSPS) is 10.3. The number of hydrogen-bond donors (Lipinski definition) is 2. The predicted molar refractivity (Wildman–Crippen MR) is 77.8 cm³/mol. The van der Waals surface area contributed by atoms with Crippen LogP contribution < -0.4 is 11.1 Å². The van der Waals surface area contributed by atoms with E-state index in [2.05, 4.69) is 10.2 Å². The number of nitrogens with two attached hydrogens (primary N) is 1. The van der Waals surface area contributed by atoms with Crippen LogP contribution in [0.15, 0.2) is 33.9 Å². The molecule has 0 atom stereocenters. The number of benzene rings is 1. The van der Waals surface area contributed by atoms with Gasteiger partial charge in [0.1, 0.15) is 0 Å². The van der Waals surface area contributed by atoms with E-state index >= 15 is 0 Å². The standard InChI is InChI=1S/C12H11ClN4O3S/c13-8-3-1-7(2-4-8)10-16-17-12(20-10)21-6-5-9(18)15-11(14)19/h1-4H,5-6H2,(H3,14,15,18,19). The summed E-state index contributed by atoms with van der Waals surface area (Å²) in [6.07, 6.45) is 0.117. The lowest BCUT2D eigenvalue weighted by atomic mass is 10.2. The minimum atomic E-state index is -0.868. The lowest BCUT2D eigenvalue weighted by molar-refractivity contribution is -0.119. The van der Waals surface area contributed by atoms with Crippen LogP contribution in [0.4, 0.5) is 4.79 Å². The summed E-state index contributed by atoms with van der Waals surface area (Å²) in [5.74, 6) is 0.310. The number of nitrogens with zero attached hydrogens (tertiary/aromatic N) is 2. The van der Waals surface area contributed by atoms with Crippen molar-refractivity contribution in [3.8, 4) is 11.5 Å². The van der Waals surface area contributed by atoms with Gasteiger partial charge in [-0.25, -0.2) is 4.79 Å². The Kier molecular flexibility index (Phi) is 5.18. The number of nitrogens with one attached hydrogen (secondary N) is 1. The van der Waals surface area contributed by atoms with Gasteiger partial charge in [-0.2, -0.15) is 0 Å². The number of urea groups is 1. The Labute approximate surface area is 129 Å². The van der Waals surface area contributed by atoms with E-state index in [9.17, 15) is 9.59 Å². The fraction of sp³-hybridized carbons (Fsp3) is 0.167. The molecular weight excluding hydrogens is 316 g/mol. The Bertz CT molecular complexity index is 644. The van der Waals surface area contributed by atoms with E-state index in [0.29, 0.717) is 21.9 Å². The van der Waals surface area contributed by atoms with E-state index in [1.54, 1.807) is 24.3 Å². The molecule has 1 aromatic carbocycles. The molecule has 1 aromatic heterocycles. The number of rotatable bonds is 5. The Morgan fingerprint density at radius 1 is 1.29 bits per heavy atom. The van der Waals surface area contributed by atoms with Crippen molar-refractivity contribution in [3.63, 3.8) is 0 Å². The summed E-state index contributed by atoms with van der Waals surface area (Å²) in [6.45, 7) is 0. The Balaban J connectivity index is 1.87. The van der Waals surface area contributed by atoms with Gasteiger partial charge in [-0.1, -0.05) is 23.4 Å². The number of carbonyl (C=O) groups is 2. The summed E-state index contributed by atoms with van der Waals surface area (Å²) >= 11 is 7.01. The van der Waals surface area contributed by atoms with E-state index in [0.717, 1.165) is 5.56 Å². The highest BCUT2D eigenvalue weighted by molar-refractivity contribution is 7.99. The number of aromatic nitrogens is 2. The molecule has 3 amide bonds. The second-order valence-electron chi connectivity index (χ2n) is 3.89. The lowest BCUT2D eigenvalue weighted by Crippen LogP contribution is -2.35. The molecule has 0 fully saturated rings. The van der Waals surface area contributed by atoms with Crippen molar-refractivity contribution in [2.45, 2.75) is 11.6 Å². The van der Waals surface area contributed by atoms with Crippen LogP contribution in [0, 0.1) is 0 Å². The van der Waals surface area contributed by atoms with Crippen LogP contribution in [0.25, 0.3) is 11.5 Å². The van der Waals surface area contributed by atoms with Crippen molar-refractivity contribution in [1.29, 1.82) is 0 Å². The fourth-order valence-electron chi connectivity index (χ4n) is 1.41. The maximum absolute atomic E-state index is 11.2. The van der Waals surface area contributed by atoms with Gasteiger partial charge in [-0.15, -0.1) is 10.2 Å². The van der Waals surface area contributed by atoms with Gasteiger partial charge < -0.3 is 10.2 Å². The monoisotopic (exact) mass is 326 g/mol. The summed E-state index contributed by atoms with van der Waals surface area (Å²) in [4.78, 5) is 21.7. The van der Waals surface area contributed by atoms with Gasteiger partial charge in [-0.3, -0.25) is 10.1 Å². The molecule has 2 aromatic rings. The molecule has 9 heteroatoms. The molecule has 7 nitrogen and oxygen atoms in total. The highest BCUT2D eigenvalue weighted by Gasteiger charge is 2.10. The van der Waals surface area contributed by atoms with Crippen LogP contribution in [-0.2, 0) is 4.79 Å². The summed E-state index contributed by atoms with van der Waals surface area (Å²) in [6, 6.07) is 6.12. The van der Waals surface area contributed by atoms with Gasteiger partial charge in [0.25, 0.3) is 5.22 Å². The number of thioether (sulfide) groups is 1. The first-order valence-electron chi connectivity index (χ1n) is 5.86. The molecule has 0 unspecified atom stereocenters. The minimum absolute atomic E-state index is 0.117. The highest BCUT2D eigenvalue weighted by Crippen LogP contribution is 2.24. The Morgan fingerprint density at radius 3 is 2.67 bits per heavy atom. The largest absolute Gasteiger partial charge is 0.411 e. The number of carbonyl (C=O) groups excluding carboxylic acids is 2. The molecule has 1 heterocycles. The number of primary amides is 1. The van der Waals surface area contributed by atoms with Crippen LogP contribution in [0.3, 0.4) is 0 Å². The van der Waals surface area contributed by atoms with Crippen LogP contribution in [-0.4, -0.2) is 27.9 Å². The molecule has 0 aliphatic carbocycles. The van der Waals surface area contributed by atoms with Gasteiger partial charge >= 0.3 is 6.03 Å². The van der Waals surface area contributed by atoms with Crippen LogP contribution >= 0.6 is 23.4 Å². The Hall–Kier alpha value is -2.06. The van der Waals surface area contributed by atoms with Crippen LogP contribution in [0.1, 0.15) is 6.42 Å². The van der Waals surface area contributed by atoms with E-state index in [1.165, 1.54) is 11.8 Å². The number of halogens is 1. The van der Waals surface area contributed by atoms with Gasteiger partial charge in [0.05, 0.1) is 0 Å². The zero-order valence-corrected chi connectivity index (χ0v) is 12.3. The molecule has 2 rings (SSSR count). The first-order chi connectivity index (χ1) is 10.0. The quantitative estimate of drug-likeness (QED) is 0.813. The van der Waals surface area contributed by atoms with Crippen molar-refractivity contribution in [1.82, 2.24) is 15.5 Å². The number of imide groups is 1. The average molecular weight is 327 g/mol. The number of amides is 3. The maximum Gasteiger partial charge on any atom is 0.318 e. The van der Waals surface area contributed by atoms with E-state index in [4.69, 9.17) is 21.8 Å². The molecule has 0 bridgehead atoms. The Morgan fingerprint density at radius 2 is 2.00 bits per heavy atom. The molecule has 0 saturated heterocycles. The topological polar surface area (TPSA) is 111 Å². The molecule has 0 saturated carbocycles. The van der Waals surface area contributed by atoms with E-state index in [-0.39, 0.29) is 6.42 Å². The lowest BCUT2D eigenvalue weighted by Gasteiger charge is -1.98. The molecule has 0 radical (unpaired) electrons. The third-order valence-corrected chi connectivity index (χ3v) is 3.39. The molecule has 3 N–H and O–H groups in total. The summed E-state index contributed by atoms with van der Waals surface area (Å²) in [5.41, 5.74) is 5.58. The first kappa shape index (κ1) is 15.3. The molecule has 110 valence electrons. The number of hydrogen-bond acceptors (Lipinski definition) is 6. The summed E-state index contributed by atoms with van der Waals surface area (Å²) in [7, 11) is 0. The fourth-order valence-corrected chi connectivity index (χ4v) is 2.23. The third kappa shape index (κ3) is 4.76. The summed E-state index contributed by atoms with van der Waals surface area (Å²) in [5, 5.41) is 10.7. The van der Waals surface area contributed by atoms with Crippen molar-refractivity contribution in [3.05, 3.63) is 29.3 Å². The average Bonchev–Trinajstić information content (AvgIpc) is 2.87. The highest BCUT2D eigenvalue weighted by atomic mass is 35.5. The van der Waals surface area contributed by atoms with Crippen LogP contribution in [0.2, 0.25) is 5.02 Å². The predicted octanol–water partition coefficient (Wildman–Crippen LogP) is 2.07. The second-order valence-corrected chi connectivity index (χ2v) is 5.37. The van der Waals surface area contributed by atoms with E-state index < -0.39 is 11.9 Å². The maximum atomic E-state index is 11.2. The van der Waals surface area contributed by atoms with Gasteiger partial charge in [0, 0.05) is 22.8 Å². The SMILES string of the molecule is NC(=O)NC(=O)CCSc1nnc(-c2ccc(Cl)cc2)o1. The summed E-state index contributed by atoms with van der Waals surface area (Å²) < 4.78 is 5.45. The molecule has 0 aliphatic rings. The molecule has 21 heavy (non-hydrogen) atoms. The second kappa shape index (κ2) is 7.09. The third-order valence-electron chi connectivity index (χ3n) is 2.31. The minimum Gasteiger partial charge on any atom is -0.411 e. The molecule has 0 spiro atoms. The zero-order chi connectivity index (χ0) is 15.2. The zero-order valence-electron chi connectivity index (χ0n) is 10.7. The molecular formula is C12H11ClN4O3S. The first-order valence-corrected chi connectivity index (χ1v) is 7.22. The van der Waals surface area contributed by atoms with Gasteiger partial charge in [0.15, 0.2) is 0 Å². The van der Waals surface area contributed by atoms with Gasteiger partial charge in [0.2, 0.25) is 11.8 Å².